The van der Waals surface area contributed by atoms with Crippen molar-refractivity contribution in [3.05, 3.63) is 69.6 Å². The van der Waals surface area contributed by atoms with Crippen molar-refractivity contribution < 1.29 is 19.1 Å². The highest BCUT2D eigenvalue weighted by molar-refractivity contribution is 6.31. The maximum absolute atomic E-state index is 13.8. The Labute approximate surface area is 262 Å². The minimum absolute atomic E-state index is 0.0187. The summed E-state index contributed by atoms with van der Waals surface area (Å²) < 4.78 is 11.9. The van der Waals surface area contributed by atoms with Crippen LogP contribution in [0.4, 0.5) is 5.82 Å². The van der Waals surface area contributed by atoms with E-state index in [0.717, 1.165) is 24.8 Å². The highest BCUT2D eigenvalue weighted by Crippen LogP contribution is 2.36. The van der Waals surface area contributed by atoms with Crippen LogP contribution in [0.3, 0.4) is 0 Å². The third-order valence-corrected chi connectivity index (χ3v) is 8.47. The van der Waals surface area contributed by atoms with E-state index < -0.39 is 23.7 Å². The number of anilines is 1. The normalized spacial score (nSPS) is 19.5. The first-order chi connectivity index (χ1) is 21.2. The number of fused-ring (bicyclic) bond motifs is 1. The Hall–Kier alpha value is -3.94. The summed E-state index contributed by atoms with van der Waals surface area (Å²) in [5.74, 6) is 0.829. The van der Waals surface area contributed by atoms with Gasteiger partial charge in [0, 0.05) is 17.0 Å². The first kappa shape index (κ1) is 33.0. The Morgan fingerprint density at radius 3 is 2.52 bits per heavy atom. The number of methoxy groups -OCH3 is 1. The van der Waals surface area contributed by atoms with Crippen LogP contribution in [0.15, 0.2) is 53.3 Å². The number of nitrogens with zero attached hydrogens (tertiary/aromatic N) is 3. The number of carbonyl (C=O) groups is 2. The van der Waals surface area contributed by atoms with Gasteiger partial charge >= 0.3 is 11.7 Å². The molecule has 0 spiro atoms. The molecule has 0 bridgehead atoms. The van der Waals surface area contributed by atoms with Gasteiger partial charge in [-0.2, -0.15) is 10.2 Å². The first-order valence-electron chi connectivity index (χ1n) is 15.0. The molecule has 0 radical (unpaired) electrons. The van der Waals surface area contributed by atoms with Gasteiger partial charge in [-0.15, -0.1) is 0 Å². The van der Waals surface area contributed by atoms with Gasteiger partial charge in [0.05, 0.1) is 38.3 Å². The van der Waals surface area contributed by atoms with Crippen molar-refractivity contribution in [2.24, 2.45) is 17.8 Å². The number of nitriles is 1. The molecule has 0 saturated heterocycles. The Morgan fingerprint density at radius 1 is 1.11 bits per heavy atom. The lowest BCUT2D eigenvalue weighted by Gasteiger charge is -2.34. The summed E-state index contributed by atoms with van der Waals surface area (Å²) in [5.41, 5.74) is 0.828. The van der Waals surface area contributed by atoms with E-state index in [2.05, 4.69) is 35.5 Å². The third kappa shape index (κ3) is 8.80. The van der Waals surface area contributed by atoms with E-state index in [4.69, 9.17) is 21.1 Å². The molecular weight excluding hydrogens is 582 g/mol. The van der Waals surface area contributed by atoms with E-state index in [1.807, 2.05) is 30.3 Å². The number of hydrogen-bond donors (Lipinski definition) is 2. The van der Waals surface area contributed by atoms with Crippen LogP contribution in [0.5, 0.6) is 0 Å². The highest BCUT2D eigenvalue weighted by atomic mass is 35.5. The smallest absolute Gasteiger partial charge is 0.350 e. The zero-order valence-electron chi connectivity index (χ0n) is 25.4. The van der Waals surface area contributed by atoms with Crippen LogP contribution in [-0.2, 0) is 32.2 Å². The van der Waals surface area contributed by atoms with Crippen molar-refractivity contribution >= 4 is 40.2 Å². The van der Waals surface area contributed by atoms with E-state index in [-0.39, 0.29) is 43.8 Å². The molecule has 1 aliphatic rings. The summed E-state index contributed by atoms with van der Waals surface area (Å²) in [4.78, 5) is 43.0. The Balaban J connectivity index is 1.56. The molecule has 11 heteroatoms. The third-order valence-electron chi connectivity index (χ3n) is 8.10. The highest BCUT2D eigenvalue weighted by Gasteiger charge is 2.31. The van der Waals surface area contributed by atoms with Crippen LogP contribution in [0, 0.1) is 29.1 Å². The molecule has 1 amide bonds. The summed E-state index contributed by atoms with van der Waals surface area (Å²) >= 11 is 6.22. The SMILES string of the molecule is COC(=O)CCn1c(=O)nc(NC(CC2CC(C)CC(C)C2)C(=O)NC(C#N)COCc2ccccc2Cl)c2ccccc21. The van der Waals surface area contributed by atoms with Crippen LogP contribution in [-0.4, -0.2) is 47.2 Å². The number of esters is 1. The number of ether oxygens (including phenoxy) is 2. The lowest BCUT2D eigenvalue weighted by Crippen LogP contribution is -2.47. The second-order valence-corrected chi connectivity index (χ2v) is 12.2. The van der Waals surface area contributed by atoms with Crippen molar-refractivity contribution in [2.75, 3.05) is 19.0 Å². The van der Waals surface area contributed by atoms with Gasteiger partial charge in [-0.1, -0.05) is 55.8 Å². The maximum atomic E-state index is 13.8. The summed E-state index contributed by atoms with van der Waals surface area (Å²) in [5, 5.41) is 17.1. The average molecular weight is 622 g/mol. The quantitative estimate of drug-likeness (QED) is 0.252. The Morgan fingerprint density at radius 2 is 1.82 bits per heavy atom. The lowest BCUT2D eigenvalue weighted by molar-refractivity contribution is -0.140. The summed E-state index contributed by atoms with van der Waals surface area (Å²) in [6, 6.07) is 15.0. The predicted molar refractivity (Wildman–Crippen MR) is 169 cm³/mol. The second-order valence-electron chi connectivity index (χ2n) is 11.8. The number of hydrogen-bond acceptors (Lipinski definition) is 8. The molecule has 44 heavy (non-hydrogen) atoms. The molecule has 1 aromatic heterocycles. The van der Waals surface area contributed by atoms with Crippen LogP contribution in [0.2, 0.25) is 5.02 Å². The number of carbonyl (C=O) groups excluding carboxylic acids is 2. The molecule has 2 aromatic carbocycles. The zero-order valence-corrected chi connectivity index (χ0v) is 26.2. The molecule has 0 aliphatic heterocycles. The molecule has 3 aromatic rings. The number of benzene rings is 2. The van der Waals surface area contributed by atoms with Gasteiger partial charge < -0.3 is 20.1 Å². The second kappa shape index (κ2) is 15.7. The number of halogens is 1. The van der Waals surface area contributed by atoms with Gasteiger partial charge in [0.1, 0.15) is 17.9 Å². The predicted octanol–water partition coefficient (Wildman–Crippen LogP) is 5.08. The van der Waals surface area contributed by atoms with Crippen molar-refractivity contribution in [3.8, 4) is 6.07 Å². The van der Waals surface area contributed by atoms with Crippen molar-refractivity contribution in [3.63, 3.8) is 0 Å². The van der Waals surface area contributed by atoms with Gasteiger partial charge in [0.15, 0.2) is 0 Å². The van der Waals surface area contributed by atoms with Gasteiger partial charge in [-0.3, -0.25) is 14.2 Å². The molecule has 4 atom stereocenters. The first-order valence-corrected chi connectivity index (χ1v) is 15.4. The summed E-state index contributed by atoms with van der Waals surface area (Å²) in [6.45, 7) is 4.76. The largest absolute Gasteiger partial charge is 0.469 e. The van der Waals surface area contributed by atoms with E-state index in [1.54, 1.807) is 18.2 Å². The Kier molecular flexibility index (Phi) is 11.8. The number of aryl methyl sites for hydroxylation is 1. The van der Waals surface area contributed by atoms with E-state index in [1.165, 1.54) is 11.7 Å². The fourth-order valence-electron chi connectivity index (χ4n) is 6.18. The minimum Gasteiger partial charge on any atom is -0.469 e. The molecule has 1 fully saturated rings. The average Bonchev–Trinajstić information content (AvgIpc) is 3.00. The number of rotatable bonds is 13. The van der Waals surface area contributed by atoms with E-state index in [9.17, 15) is 19.6 Å². The number of para-hydroxylation sites is 1. The van der Waals surface area contributed by atoms with Gasteiger partial charge in [-0.05, 0) is 67.2 Å². The van der Waals surface area contributed by atoms with Gasteiger partial charge in [0.25, 0.3) is 0 Å². The van der Waals surface area contributed by atoms with Crippen LogP contribution >= 0.6 is 11.6 Å². The lowest BCUT2D eigenvalue weighted by atomic mass is 9.74. The van der Waals surface area contributed by atoms with Crippen molar-refractivity contribution in [2.45, 2.75) is 71.2 Å². The standard InChI is InChI=1S/C33H40ClN5O5/c1-21-14-22(2)16-23(15-21)17-28(32(41)36-25(18-35)20-44-19-24-8-4-6-10-27(24)34)37-31-26-9-5-7-11-29(26)39(33(42)38-31)13-12-30(40)43-3/h4-11,21-23,25,28H,12-17,19-20H2,1-3H3,(H,36,41)(H,37,38,42). The van der Waals surface area contributed by atoms with Gasteiger partial charge in [-0.25, -0.2) is 4.79 Å². The molecule has 234 valence electrons. The Bertz CT molecular complexity index is 1540. The molecule has 10 nitrogen and oxygen atoms in total. The summed E-state index contributed by atoms with van der Waals surface area (Å²) in [7, 11) is 1.30. The molecule has 1 heterocycles. The fourth-order valence-corrected chi connectivity index (χ4v) is 6.37. The molecule has 4 unspecified atom stereocenters. The summed E-state index contributed by atoms with van der Waals surface area (Å²) in [6.07, 6.45) is 3.66. The molecular formula is C33H40ClN5O5. The molecule has 4 rings (SSSR count). The number of aromatic nitrogens is 2. The van der Waals surface area contributed by atoms with Crippen molar-refractivity contribution in [1.29, 1.82) is 5.26 Å². The monoisotopic (exact) mass is 621 g/mol. The van der Waals surface area contributed by atoms with Gasteiger partial charge in [0.2, 0.25) is 5.91 Å². The fraction of sp³-hybridized carbons (Fsp3) is 0.485. The molecule has 2 N–H and O–H groups in total. The van der Waals surface area contributed by atoms with Crippen molar-refractivity contribution in [1.82, 2.24) is 14.9 Å². The van der Waals surface area contributed by atoms with E-state index in [0.29, 0.717) is 34.2 Å². The van der Waals surface area contributed by atoms with E-state index >= 15 is 0 Å². The zero-order chi connectivity index (χ0) is 31.6. The minimum atomic E-state index is -0.894. The number of amides is 1. The molecule has 1 aliphatic carbocycles. The maximum Gasteiger partial charge on any atom is 0.350 e. The molecule has 1 saturated carbocycles. The van der Waals surface area contributed by atoms with Crippen LogP contribution in [0.25, 0.3) is 10.9 Å². The van der Waals surface area contributed by atoms with Crippen LogP contribution < -0.4 is 16.3 Å². The number of nitrogens with one attached hydrogen (secondary N) is 2. The topological polar surface area (TPSA) is 135 Å². The van der Waals surface area contributed by atoms with Crippen LogP contribution in [0.1, 0.15) is 51.5 Å².